The number of fused-ring (bicyclic) bond motifs is 1. The van der Waals surface area contributed by atoms with E-state index in [2.05, 4.69) is 47.6 Å². The van der Waals surface area contributed by atoms with Crippen LogP contribution < -0.4 is 10.1 Å². The molecule has 1 N–H and O–H groups in total. The van der Waals surface area contributed by atoms with Crippen molar-refractivity contribution in [1.29, 1.82) is 0 Å². The van der Waals surface area contributed by atoms with Gasteiger partial charge in [0.15, 0.2) is 5.13 Å². The molecule has 0 bridgehead atoms. The Morgan fingerprint density at radius 2 is 2.05 bits per heavy atom. The summed E-state index contributed by atoms with van der Waals surface area (Å²) >= 11 is 1.71. The van der Waals surface area contributed by atoms with Crippen molar-refractivity contribution < 1.29 is 4.74 Å². The number of hydrogen-bond acceptors (Lipinski definition) is 4. The fourth-order valence-corrected chi connectivity index (χ4v) is 3.27. The molecule has 0 radical (unpaired) electrons. The number of thiazole rings is 1. The average Bonchev–Trinajstić information content (AvgIpc) is 2.92. The Balaban J connectivity index is 1.65. The standard InChI is InChI=1S/C17H18N2OS/c1-12-5-3-8-15-16(12)19-17(21-15)18-10-9-13-6-4-7-14(11-13)20-2/h3-8,11H,9-10H2,1-2H3,(H,18,19). The number of ether oxygens (including phenoxy) is 1. The highest BCUT2D eigenvalue weighted by Crippen LogP contribution is 2.27. The van der Waals surface area contributed by atoms with Crippen LogP contribution in [0, 0.1) is 6.92 Å². The smallest absolute Gasteiger partial charge is 0.183 e. The molecule has 1 aromatic heterocycles. The van der Waals surface area contributed by atoms with Gasteiger partial charge in [0.1, 0.15) is 5.75 Å². The fraction of sp³-hybridized carbons (Fsp3) is 0.235. The summed E-state index contributed by atoms with van der Waals surface area (Å²) in [7, 11) is 1.70. The zero-order valence-electron chi connectivity index (χ0n) is 12.2. The number of benzene rings is 2. The van der Waals surface area contributed by atoms with E-state index in [1.807, 2.05) is 12.1 Å². The zero-order chi connectivity index (χ0) is 14.7. The maximum absolute atomic E-state index is 5.24. The van der Waals surface area contributed by atoms with Crippen LogP contribution in [0.5, 0.6) is 5.75 Å². The molecule has 0 saturated carbocycles. The molecule has 0 fully saturated rings. The van der Waals surface area contributed by atoms with Crippen molar-refractivity contribution in [2.75, 3.05) is 19.0 Å². The minimum absolute atomic E-state index is 0.867. The Bertz CT molecular complexity index is 751. The normalized spacial score (nSPS) is 10.8. The van der Waals surface area contributed by atoms with E-state index in [0.717, 1.165) is 29.4 Å². The van der Waals surface area contributed by atoms with Gasteiger partial charge in [-0.25, -0.2) is 4.98 Å². The van der Waals surface area contributed by atoms with Gasteiger partial charge in [0.25, 0.3) is 0 Å². The molecule has 3 rings (SSSR count). The van der Waals surface area contributed by atoms with Crippen LogP contribution in [0.3, 0.4) is 0 Å². The van der Waals surface area contributed by atoms with Gasteiger partial charge in [-0.15, -0.1) is 0 Å². The van der Waals surface area contributed by atoms with Crippen molar-refractivity contribution in [1.82, 2.24) is 4.98 Å². The minimum atomic E-state index is 0.867. The molecule has 2 aromatic carbocycles. The van der Waals surface area contributed by atoms with Crippen molar-refractivity contribution in [3.05, 3.63) is 53.6 Å². The Kier molecular flexibility index (Phi) is 4.06. The number of methoxy groups -OCH3 is 1. The van der Waals surface area contributed by atoms with Gasteiger partial charge >= 0.3 is 0 Å². The second kappa shape index (κ2) is 6.14. The molecule has 108 valence electrons. The molecule has 1 heterocycles. The van der Waals surface area contributed by atoms with Gasteiger partial charge in [0, 0.05) is 6.54 Å². The predicted octanol–water partition coefficient (Wildman–Crippen LogP) is 4.27. The number of hydrogen-bond donors (Lipinski definition) is 1. The number of anilines is 1. The minimum Gasteiger partial charge on any atom is -0.497 e. The number of aryl methyl sites for hydroxylation is 1. The molecule has 21 heavy (non-hydrogen) atoms. The summed E-state index contributed by atoms with van der Waals surface area (Å²) in [4.78, 5) is 4.66. The van der Waals surface area contributed by atoms with Crippen molar-refractivity contribution in [2.45, 2.75) is 13.3 Å². The van der Waals surface area contributed by atoms with Crippen molar-refractivity contribution in [2.24, 2.45) is 0 Å². The van der Waals surface area contributed by atoms with Gasteiger partial charge in [-0.3, -0.25) is 0 Å². The SMILES string of the molecule is COc1cccc(CCNc2nc3c(C)cccc3s2)c1. The second-order valence-corrected chi connectivity index (χ2v) is 6.00. The van der Waals surface area contributed by atoms with E-state index in [0.29, 0.717) is 0 Å². The number of nitrogens with zero attached hydrogens (tertiary/aromatic N) is 1. The van der Waals surface area contributed by atoms with E-state index in [9.17, 15) is 0 Å². The number of nitrogens with one attached hydrogen (secondary N) is 1. The molecule has 0 saturated heterocycles. The molecule has 3 nitrogen and oxygen atoms in total. The Labute approximate surface area is 128 Å². The van der Waals surface area contributed by atoms with E-state index in [-0.39, 0.29) is 0 Å². The molecular weight excluding hydrogens is 280 g/mol. The van der Waals surface area contributed by atoms with Crippen molar-refractivity contribution in [3.8, 4) is 5.75 Å². The molecule has 0 aliphatic rings. The maximum Gasteiger partial charge on any atom is 0.183 e. The molecule has 3 aromatic rings. The lowest BCUT2D eigenvalue weighted by molar-refractivity contribution is 0.414. The molecule has 0 aliphatic heterocycles. The summed E-state index contributed by atoms with van der Waals surface area (Å²) in [5, 5.41) is 4.40. The Morgan fingerprint density at radius 1 is 1.19 bits per heavy atom. The van der Waals surface area contributed by atoms with Gasteiger partial charge in [-0.05, 0) is 42.7 Å². The summed E-state index contributed by atoms with van der Waals surface area (Å²) in [6.07, 6.45) is 0.951. The molecule has 0 atom stereocenters. The van der Waals surface area contributed by atoms with Gasteiger partial charge in [-0.1, -0.05) is 35.6 Å². The number of rotatable bonds is 5. The lowest BCUT2D eigenvalue weighted by Gasteiger charge is -2.05. The molecule has 0 unspecified atom stereocenters. The Morgan fingerprint density at radius 3 is 2.86 bits per heavy atom. The topological polar surface area (TPSA) is 34.1 Å². The lowest BCUT2D eigenvalue weighted by atomic mass is 10.1. The predicted molar refractivity (Wildman–Crippen MR) is 89.5 cm³/mol. The summed E-state index contributed by atoms with van der Waals surface area (Å²) in [5.74, 6) is 0.906. The van der Waals surface area contributed by atoms with Gasteiger partial charge < -0.3 is 10.1 Å². The fourth-order valence-electron chi connectivity index (χ4n) is 2.30. The van der Waals surface area contributed by atoms with Crippen LogP contribution in [-0.4, -0.2) is 18.6 Å². The second-order valence-electron chi connectivity index (χ2n) is 4.97. The summed E-state index contributed by atoms with van der Waals surface area (Å²) in [5.41, 5.74) is 3.59. The highest BCUT2D eigenvalue weighted by Gasteiger charge is 2.05. The summed E-state index contributed by atoms with van der Waals surface area (Å²) in [6, 6.07) is 14.5. The van der Waals surface area contributed by atoms with E-state index in [4.69, 9.17) is 4.74 Å². The first-order valence-corrected chi connectivity index (χ1v) is 7.81. The van der Waals surface area contributed by atoms with Crippen LogP contribution in [0.25, 0.3) is 10.2 Å². The van der Waals surface area contributed by atoms with E-state index in [1.54, 1.807) is 18.4 Å². The van der Waals surface area contributed by atoms with Crippen LogP contribution in [0.15, 0.2) is 42.5 Å². The lowest BCUT2D eigenvalue weighted by Crippen LogP contribution is -2.04. The summed E-state index contributed by atoms with van der Waals surface area (Å²) in [6.45, 7) is 2.97. The highest BCUT2D eigenvalue weighted by atomic mass is 32.1. The van der Waals surface area contributed by atoms with Crippen LogP contribution >= 0.6 is 11.3 Å². The molecule has 0 amide bonds. The largest absolute Gasteiger partial charge is 0.497 e. The molecule has 0 spiro atoms. The first kappa shape index (κ1) is 13.9. The van der Waals surface area contributed by atoms with Gasteiger partial charge in [0.2, 0.25) is 0 Å². The van der Waals surface area contributed by atoms with Gasteiger partial charge in [0.05, 0.1) is 17.3 Å². The zero-order valence-corrected chi connectivity index (χ0v) is 13.0. The monoisotopic (exact) mass is 298 g/mol. The van der Waals surface area contributed by atoms with E-state index >= 15 is 0 Å². The van der Waals surface area contributed by atoms with Gasteiger partial charge in [-0.2, -0.15) is 0 Å². The average molecular weight is 298 g/mol. The van der Waals surface area contributed by atoms with Crippen molar-refractivity contribution in [3.63, 3.8) is 0 Å². The molecular formula is C17H18N2OS. The van der Waals surface area contributed by atoms with E-state index in [1.165, 1.54) is 15.8 Å². The van der Waals surface area contributed by atoms with Crippen molar-refractivity contribution >= 4 is 26.7 Å². The third-order valence-electron chi connectivity index (χ3n) is 3.44. The third-order valence-corrected chi connectivity index (χ3v) is 4.42. The third kappa shape index (κ3) is 3.16. The highest BCUT2D eigenvalue weighted by molar-refractivity contribution is 7.22. The first-order chi connectivity index (χ1) is 10.3. The van der Waals surface area contributed by atoms with Crippen LogP contribution in [0.4, 0.5) is 5.13 Å². The summed E-state index contributed by atoms with van der Waals surface area (Å²) < 4.78 is 6.48. The molecule has 4 heteroatoms. The number of para-hydroxylation sites is 1. The first-order valence-electron chi connectivity index (χ1n) is 6.99. The van der Waals surface area contributed by atoms with Crippen LogP contribution in [-0.2, 0) is 6.42 Å². The van der Waals surface area contributed by atoms with Crippen LogP contribution in [0.1, 0.15) is 11.1 Å². The number of aromatic nitrogens is 1. The molecule has 0 aliphatic carbocycles. The van der Waals surface area contributed by atoms with E-state index < -0.39 is 0 Å². The quantitative estimate of drug-likeness (QED) is 0.764. The van der Waals surface area contributed by atoms with Crippen LogP contribution in [0.2, 0.25) is 0 Å². The Hall–Kier alpha value is -2.07. The maximum atomic E-state index is 5.24.